The molecule has 0 N–H and O–H groups in total. The van der Waals surface area contributed by atoms with Crippen molar-refractivity contribution in [1.82, 2.24) is 10.1 Å². The van der Waals surface area contributed by atoms with Crippen LogP contribution in [0.3, 0.4) is 0 Å². The Bertz CT molecular complexity index is 901. The molecule has 0 radical (unpaired) electrons. The van der Waals surface area contributed by atoms with E-state index in [1.807, 2.05) is 37.3 Å². The summed E-state index contributed by atoms with van der Waals surface area (Å²) in [5.41, 5.74) is 2.81. The van der Waals surface area contributed by atoms with E-state index in [4.69, 9.17) is 20.9 Å². The highest BCUT2D eigenvalue weighted by atomic mass is 35.5. The molecule has 0 amide bonds. The van der Waals surface area contributed by atoms with E-state index in [1.54, 1.807) is 24.3 Å². The third-order valence-electron chi connectivity index (χ3n) is 3.38. The number of nitrogens with zero attached hydrogens (tertiary/aromatic N) is 2. The van der Waals surface area contributed by atoms with E-state index in [9.17, 15) is 4.79 Å². The zero-order valence-corrected chi connectivity index (χ0v) is 14.2. The van der Waals surface area contributed by atoms with Crippen molar-refractivity contribution >= 4 is 23.6 Å². The van der Waals surface area contributed by atoms with Crippen LogP contribution in [0.2, 0.25) is 5.02 Å². The lowest BCUT2D eigenvalue weighted by Gasteiger charge is -1.97. The molecule has 0 saturated heterocycles. The molecule has 0 aliphatic carbocycles. The van der Waals surface area contributed by atoms with Crippen LogP contribution in [0.1, 0.15) is 17.0 Å². The summed E-state index contributed by atoms with van der Waals surface area (Å²) in [5, 5.41) is 4.43. The van der Waals surface area contributed by atoms with Crippen LogP contribution in [0.25, 0.3) is 17.5 Å². The van der Waals surface area contributed by atoms with Gasteiger partial charge in [0.25, 0.3) is 5.89 Å². The van der Waals surface area contributed by atoms with E-state index in [0.717, 1.165) is 16.7 Å². The first kappa shape index (κ1) is 16.9. The Kier molecular flexibility index (Phi) is 5.26. The van der Waals surface area contributed by atoms with Crippen LogP contribution in [0.4, 0.5) is 0 Å². The quantitative estimate of drug-likeness (QED) is 0.500. The normalized spacial score (nSPS) is 11.0. The molecule has 5 nitrogen and oxygen atoms in total. The maximum absolute atomic E-state index is 11.8. The van der Waals surface area contributed by atoms with Gasteiger partial charge in [-0.3, -0.25) is 0 Å². The summed E-state index contributed by atoms with van der Waals surface area (Å²) >= 11 is 5.94. The van der Waals surface area contributed by atoms with Gasteiger partial charge in [0, 0.05) is 16.7 Å². The highest BCUT2D eigenvalue weighted by Crippen LogP contribution is 2.20. The summed E-state index contributed by atoms with van der Waals surface area (Å²) in [6.45, 7) is 1.91. The third-order valence-corrected chi connectivity index (χ3v) is 3.61. The molecule has 0 fully saturated rings. The lowest BCUT2D eigenvalue weighted by molar-refractivity contribution is -0.139. The number of hydrogen-bond acceptors (Lipinski definition) is 5. The molecule has 2 aromatic carbocycles. The van der Waals surface area contributed by atoms with Gasteiger partial charge in [-0.15, -0.1) is 0 Å². The Morgan fingerprint density at radius 3 is 2.80 bits per heavy atom. The van der Waals surface area contributed by atoms with Crippen LogP contribution < -0.4 is 0 Å². The second-order valence-corrected chi connectivity index (χ2v) is 5.81. The molecular weight excluding hydrogens is 340 g/mol. The summed E-state index contributed by atoms with van der Waals surface area (Å²) in [7, 11) is 0. The Morgan fingerprint density at radius 1 is 1.24 bits per heavy atom. The van der Waals surface area contributed by atoms with Crippen LogP contribution in [0.5, 0.6) is 0 Å². The molecule has 3 rings (SSSR count). The second-order valence-electron chi connectivity index (χ2n) is 5.37. The molecule has 0 aliphatic rings. The number of aromatic nitrogens is 2. The van der Waals surface area contributed by atoms with Crippen LogP contribution in [-0.2, 0) is 16.1 Å². The van der Waals surface area contributed by atoms with Crippen molar-refractivity contribution in [2.24, 2.45) is 0 Å². The molecule has 126 valence electrons. The number of ether oxygens (including phenoxy) is 1. The van der Waals surface area contributed by atoms with Gasteiger partial charge in [0.15, 0.2) is 6.61 Å². The summed E-state index contributed by atoms with van der Waals surface area (Å²) in [6, 6.07) is 14.9. The molecule has 0 saturated carbocycles. The van der Waals surface area contributed by atoms with Crippen LogP contribution in [0, 0.1) is 6.92 Å². The Labute approximate surface area is 149 Å². The number of benzene rings is 2. The van der Waals surface area contributed by atoms with Crippen LogP contribution in [0.15, 0.2) is 59.1 Å². The van der Waals surface area contributed by atoms with Gasteiger partial charge < -0.3 is 9.26 Å². The molecule has 0 bridgehead atoms. The van der Waals surface area contributed by atoms with E-state index >= 15 is 0 Å². The average molecular weight is 355 g/mol. The molecule has 6 heteroatoms. The van der Waals surface area contributed by atoms with Crippen molar-refractivity contribution in [2.75, 3.05) is 0 Å². The van der Waals surface area contributed by atoms with Gasteiger partial charge in [-0.1, -0.05) is 58.7 Å². The summed E-state index contributed by atoms with van der Waals surface area (Å²) < 4.78 is 10.2. The van der Waals surface area contributed by atoms with Crippen molar-refractivity contribution in [1.29, 1.82) is 0 Å². The molecular formula is C19H15ClN2O3. The van der Waals surface area contributed by atoms with Crippen LogP contribution in [-0.4, -0.2) is 16.1 Å². The van der Waals surface area contributed by atoms with E-state index in [2.05, 4.69) is 10.1 Å². The molecule has 0 aliphatic heterocycles. The summed E-state index contributed by atoms with van der Waals surface area (Å²) in [5.74, 6) is 0.124. The first-order valence-electron chi connectivity index (χ1n) is 7.60. The highest BCUT2D eigenvalue weighted by Gasteiger charge is 2.10. The Hall–Kier alpha value is -2.92. The molecule has 0 unspecified atom stereocenters. The van der Waals surface area contributed by atoms with Gasteiger partial charge in [0.1, 0.15) is 0 Å². The average Bonchev–Trinajstić information content (AvgIpc) is 3.08. The molecule has 0 spiro atoms. The molecule has 25 heavy (non-hydrogen) atoms. The van der Waals surface area contributed by atoms with Gasteiger partial charge >= 0.3 is 5.97 Å². The van der Waals surface area contributed by atoms with E-state index in [1.165, 1.54) is 6.08 Å². The first-order valence-corrected chi connectivity index (χ1v) is 7.98. The van der Waals surface area contributed by atoms with E-state index in [0.29, 0.717) is 10.8 Å². The van der Waals surface area contributed by atoms with E-state index < -0.39 is 5.97 Å². The minimum Gasteiger partial charge on any atom is -0.452 e. The Balaban J connectivity index is 1.56. The SMILES string of the molecule is Cc1ccc(/C=C/C(=O)OCc2nc(-c3cccc(Cl)c3)no2)cc1. The molecule has 3 aromatic rings. The molecule has 1 heterocycles. The van der Waals surface area contributed by atoms with Gasteiger partial charge in [0.05, 0.1) is 0 Å². The third kappa shape index (κ3) is 4.78. The topological polar surface area (TPSA) is 65.2 Å². The van der Waals surface area contributed by atoms with Gasteiger partial charge in [-0.25, -0.2) is 4.79 Å². The Morgan fingerprint density at radius 2 is 2.04 bits per heavy atom. The number of carbonyl (C=O) groups excluding carboxylic acids is 1. The minimum absolute atomic E-state index is 0.0926. The number of halogens is 1. The van der Waals surface area contributed by atoms with Gasteiger partial charge in [-0.05, 0) is 30.7 Å². The predicted molar refractivity (Wildman–Crippen MR) is 94.8 cm³/mol. The predicted octanol–water partition coefficient (Wildman–Crippen LogP) is 4.46. The lowest BCUT2D eigenvalue weighted by atomic mass is 10.1. The van der Waals surface area contributed by atoms with Crippen molar-refractivity contribution in [3.05, 3.63) is 76.6 Å². The van der Waals surface area contributed by atoms with Crippen molar-refractivity contribution in [3.8, 4) is 11.4 Å². The van der Waals surface area contributed by atoms with E-state index in [-0.39, 0.29) is 12.5 Å². The van der Waals surface area contributed by atoms with Gasteiger partial charge in [-0.2, -0.15) is 4.98 Å². The summed E-state index contributed by atoms with van der Waals surface area (Å²) in [4.78, 5) is 15.9. The van der Waals surface area contributed by atoms with Gasteiger partial charge in [0.2, 0.25) is 5.82 Å². The number of carbonyl (C=O) groups is 1. The smallest absolute Gasteiger partial charge is 0.331 e. The zero-order chi connectivity index (χ0) is 17.6. The monoisotopic (exact) mass is 354 g/mol. The van der Waals surface area contributed by atoms with Crippen molar-refractivity contribution < 1.29 is 14.1 Å². The minimum atomic E-state index is -0.483. The molecule has 0 atom stereocenters. The fourth-order valence-corrected chi connectivity index (χ4v) is 2.27. The highest BCUT2D eigenvalue weighted by molar-refractivity contribution is 6.30. The maximum atomic E-state index is 11.8. The van der Waals surface area contributed by atoms with Crippen molar-refractivity contribution in [2.45, 2.75) is 13.5 Å². The maximum Gasteiger partial charge on any atom is 0.331 e. The number of esters is 1. The zero-order valence-electron chi connectivity index (χ0n) is 13.5. The van der Waals surface area contributed by atoms with Crippen molar-refractivity contribution in [3.63, 3.8) is 0 Å². The number of hydrogen-bond donors (Lipinski definition) is 0. The second kappa shape index (κ2) is 7.77. The number of rotatable bonds is 5. The summed E-state index contributed by atoms with van der Waals surface area (Å²) in [6.07, 6.45) is 3.05. The molecule has 1 aromatic heterocycles. The van der Waals surface area contributed by atoms with Crippen LogP contribution >= 0.6 is 11.6 Å². The number of aryl methyl sites for hydroxylation is 1. The first-order chi connectivity index (χ1) is 12.1. The standard InChI is InChI=1S/C19H15ClN2O3/c1-13-5-7-14(8-6-13)9-10-18(23)24-12-17-21-19(22-25-17)15-3-2-4-16(20)11-15/h2-11H,12H2,1H3/b10-9+. The fraction of sp³-hybridized carbons (Fsp3) is 0.105. The largest absolute Gasteiger partial charge is 0.452 e. The lowest BCUT2D eigenvalue weighted by Crippen LogP contribution is -2.00. The fourth-order valence-electron chi connectivity index (χ4n) is 2.08.